The second-order valence-corrected chi connectivity index (χ2v) is 9.49. The molecule has 2 aromatic rings. The smallest absolute Gasteiger partial charge is 0.247 e. The summed E-state index contributed by atoms with van der Waals surface area (Å²) >= 11 is 0. The van der Waals surface area contributed by atoms with Gasteiger partial charge in [-0.1, -0.05) is 17.3 Å². The molecule has 30 heavy (non-hydrogen) atoms. The number of rotatable bonds is 6. The monoisotopic (exact) mass is 426 g/mol. The molecule has 0 radical (unpaired) electrons. The van der Waals surface area contributed by atoms with Crippen LogP contribution in [0.4, 0.5) is 0 Å². The third-order valence-corrected chi connectivity index (χ3v) is 7.28. The number of aromatic amines is 1. The SMILES string of the molecule is N#Cc1cccc(C(ON=C2CCN(S(=O)(=O)c3ccc(=O)[nH]c3)CC2)C2CC2)c1. The predicted molar refractivity (Wildman–Crippen MR) is 110 cm³/mol. The number of aromatic nitrogens is 1. The highest BCUT2D eigenvalue weighted by Gasteiger charge is 2.35. The zero-order chi connectivity index (χ0) is 21.1. The van der Waals surface area contributed by atoms with Crippen LogP contribution >= 0.6 is 0 Å². The van der Waals surface area contributed by atoms with Crippen molar-refractivity contribution in [2.45, 2.75) is 36.7 Å². The molecule has 1 aliphatic carbocycles. The standard InChI is InChI=1S/C21H22N4O4S/c22-13-15-2-1-3-17(12-15)21(16-4-5-16)29-24-18-8-10-25(11-9-18)30(27,28)19-6-7-20(26)23-14-19/h1-3,6-7,12,14,16,21H,4-5,8-11H2,(H,23,26). The highest BCUT2D eigenvalue weighted by molar-refractivity contribution is 7.89. The first-order chi connectivity index (χ1) is 14.5. The van der Waals surface area contributed by atoms with Crippen LogP contribution in [0.2, 0.25) is 0 Å². The largest absolute Gasteiger partial charge is 0.387 e. The molecule has 2 fully saturated rings. The van der Waals surface area contributed by atoms with Crippen LogP contribution in [0.5, 0.6) is 0 Å². The van der Waals surface area contributed by atoms with Crippen molar-refractivity contribution < 1.29 is 13.3 Å². The number of sulfonamides is 1. The third-order valence-electron chi connectivity index (χ3n) is 5.38. The zero-order valence-electron chi connectivity index (χ0n) is 16.3. The number of oxime groups is 1. The predicted octanol–water partition coefficient (Wildman–Crippen LogP) is 2.55. The van der Waals surface area contributed by atoms with E-state index < -0.39 is 10.0 Å². The number of nitriles is 1. The Morgan fingerprint density at radius 1 is 1.20 bits per heavy atom. The van der Waals surface area contributed by atoms with Gasteiger partial charge in [0.2, 0.25) is 15.6 Å². The van der Waals surface area contributed by atoms with E-state index in [1.807, 2.05) is 18.2 Å². The maximum absolute atomic E-state index is 12.7. The number of piperidine rings is 1. The number of hydrogen-bond acceptors (Lipinski definition) is 6. The number of hydrogen-bond donors (Lipinski definition) is 1. The molecule has 0 spiro atoms. The second-order valence-electron chi connectivity index (χ2n) is 7.55. The topological polar surface area (TPSA) is 116 Å². The minimum Gasteiger partial charge on any atom is -0.387 e. The van der Waals surface area contributed by atoms with E-state index in [1.54, 1.807) is 6.07 Å². The Bertz CT molecular complexity index is 1130. The van der Waals surface area contributed by atoms with E-state index in [1.165, 1.54) is 22.6 Å². The molecule has 1 unspecified atom stereocenters. The highest BCUT2D eigenvalue weighted by Crippen LogP contribution is 2.43. The number of pyridine rings is 1. The molecule has 1 aromatic carbocycles. The summed E-state index contributed by atoms with van der Waals surface area (Å²) in [6.07, 6.45) is 4.14. The fraction of sp³-hybridized carbons (Fsp3) is 0.381. The number of nitrogens with zero attached hydrogens (tertiary/aromatic N) is 3. The van der Waals surface area contributed by atoms with Gasteiger partial charge in [-0.15, -0.1) is 0 Å². The molecule has 1 N–H and O–H groups in total. The summed E-state index contributed by atoms with van der Waals surface area (Å²) in [4.78, 5) is 19.5. The van der Waals surface area contributed by atoms with Crippen molar-refractivity contribution in [2.75, 3.05) is 13.1 Å². The Morgan fingerprint density at radius 2 is 1.97 bits per heavy atom. The summed E-state index contributed by atoms with van der Waals surface area (Å²) in [5.41, 5.74) is 2.02. The molecule has 156 valence electrons. The van der Waals surface area contributed by atoms with Gasteiger partial charge in [-0.25, -0.2) is 8.42 Å². The average Bonchev–Trinajstić information content (AvgIpc) is 3.60. The summed E-state index contributed by atoms with van der Waals surface area (Å²) in [7, 11) is -3.65. The summed E-state index contributed by atoms with van der Waals surface area (Å²) in [6, 6.07) is 12.1. The Morgan fingerprint density at radius 3 is 2.60 bits per heavy atom. The molecule has 1 aliphatic heterocycles. The minimum absolute atomic E-state index is 0.0740. The number of benzene rings is 1. The van der Waals surface area contributed by atoms with Crippen molar-refractivity contribution in [2.24, 2.45) is 11.1 Å². The molecule has 9 heteroatoms. The molecule has 1 atom stereocenters. The maximum Gasteiger partial charge on any atom is 0.247 e. The molecule has 1 saturated carbocycles. The van der Waals surface area contributed by atoms with Crippen LogP contribution in [0.3, 0.4) is 0 Å². The van der Waals surface area contributed by atoms with Gasteiger partial charge in [0.15, 0.2) is 6.10 Å². The van der Waals surface area contributed by atoms with Crippen molar-refractivity contribution >= 4 is 15.7 Å². The summed E-state index contributed by atoms with van der Waals surface area (Å²) in [5.74, 6) is 0.393. The van der Waals surface area contributed by atoms with Crippen molar-refractivity contribution in [3.05, 3.63) is 64.1 Å². The Hall–Kier alpha value is -2.96. The van der Waals surface area contributed by atoms with Crippen LogP contribution in [0, 0.1) is 17.2 Å². The van der Waals surface area contributed by atoms with Gasteiger partial charge >= 0.3 is 0 Å². The highest BCUT2D eigenvalue weighted by atomic mass is 32.2. The lowest BCUT2D eigenvalue weighted by atomic mass is 10.0. The molecule has 0 amide bonds. The Balaban J connectivity index is 1.41. The van der Waals surface area contributed by atoms with E-state index >= 15 is 0 Å². The van der Waals surface area contributed by atoms with E-state index in [9.17, 15) is 13.2 Å². The minimum atomic E-state index is -3.65. The lowest BCUT2D eigenvalue weighted by Crippen LogP contribution is -2.38. The van der Waals surface area contributed by atoms with Crippen molar-refractivity contribution in [3.63, 3.8) is 0 Å². The molecule has 4 rings (SSSR count). The summed E-state index contributed by atoms with van der Waals surface area (Å²) in [5, 5.41) is 13.5. The second kappa shape index (κ2) is 8.42. The maximum atomic E-state index is 12.7. The fourth-order valence-corrected chi connectivity index (χ4v) is 4.93. The van der Waals surface area contributed by atoms with Crippen LogP contribution in [-0.4, -0.2) is 36.5 Å². The third kappa shape index (κ3) is 4.45. The van der Waals surface area contributed by atoms with Gasteiger partial charge in [0.1, 0.15) is 0 Å². The molecular formula is C21H22N4O4S. The molecule has 1 saturated heterocycles. The lowest BCUT2D eigenvalue weighted by molar-refractivity contribution is 0.0409. The van der Waals surface area contributed by atoms with Gasteiger partial charge in [-0.05, 0) is 36.6 Å². The van der Waals surface area contributed by atoms with Gasteiger partial charge in [-0.3, -0.25) is 4.79 Å². The Kier molecular flexibility index (Phi) is 5.70. The lowest BCUT2D eigenvalue weighted by Gasteiger charge is -2.27. The number of H-pyrrole nitrogens is 1. The van der Waals surface area contributed by atoms with Crippen molar-refractivity contribution in [1.29, 1.82) is 5.26 Å². The van der Waals surface area contributed by atoms with E-state index in [0.29, 0.717) is 37.4 Å². The first-order valence-electron chi connectivity index (χ1n) is 9.88. The van der Waals surface area contributed by atoms with Gasteiger partial charge in [0.25, 0.3) is 0 Å². The van der Waals surface area contributed by atoms with Crippen LogP contribution in [0.25, 0.3) is 0 Å². The van der Waals surface area contributed by atoms with E-state index in [-0.39, 0.29) is 16.6 Å². The van der Waals surface area contributed by atoms with E-state index in [4.69, 9.17) is 10.1 Å². The van der Waals surface area contributed by atoms with Gasteiger partial charge in [-0.2, -0.15) is 9.57 Å². The molecule has 0 bridgehead atoms. The first kappa shape index (κ1) is 20.3. The summed E-state index contributed by atoms with van der Waals surface area (Å²) in [6.45, 7) is 0.614. The van der Waals surface area contributed by atoms with E-state index in [2.05, 4.69) is 16.2 Å². The number of nitrogens with one attached hydrogen (secondary N) is 1. The molecule has 2 heterocycles. The molecule has 1 aromatic heterocycles. The zero-order valence-corrected chi connectivity index (χ0v) is 17.1. The average molecular weight is 426 g/mol. The first-order valence-corrected chi connectivity index (χ1v) is 11.3. The van der Waals surface area contributed by atoms with Crippen LogP contribution in [-0.2, 0) is 14.9 Å². The molecule has 8 nitrogen and oxygen atoms in total. The fourth-order valence-electron chi connectivity index (χ4n) is 3.52. The Labute approximate surface area is 174 Å². The molecular weight excluding hydrogens is 404 g/mol. The summed E-state index contributed by atoms with van der Waals surface area (Å²) < 4.78 is 26.8. The van der Waals surface area contributed by atoms with Crippen LogP contribution < -0.4 is 5.56 Å². The van der Waals surface area contributed by atoms with Gasteiger partial charge in [0.05, 0.1) is 22.2 Å². The van der Waals surface area contributed by atoms with Crippen molar-refractivity contribution in [3.8, 4) is 6.07 Å². The van der Waals surface area contributed by atoms with Crippen LogP contribution in [0.15, 0.2) is 57.4 Å². The van der Waals surface area contributed by atoms with Crippen LogP contribution in [0.1, 0.15) is 42.9 Å². The van der Waals surface area contributed by atoms with Crippen molar-refractivity contribution in [1.82, 2.24) is 9.29 Å². The quantitative estimate of drug-likeness (QED) is 0.713. The normalized spacial score (nSPS) is 18.4. The van der Waals surface area contributed by atoms with Gasteiger partial charge < -0.3 is 9.82 Å². The van der Waals surface area contributed by atoms with Gasteiger partial charge in [0, 0.05) is 44.1 Å². The molecule has 2 aliphatic rings. The van der Waals surface area contributed by atoms with E-state index in [0.717, 1.165) is 24.1 Å².